The maximum absolute atomic E-state index is 14.0. The van der Waals surface area contributed by atoms with Crippen molar-refractivity contribution in [1.29, 1.82) is 0 Å². The number of anilines is 1. The predicted molar refractivity (Wildman–Crippen MR) is 91.8 cm³/mol. The highest BCUT2D eigenvalue weighted by Crippen LogP contribution is 2.28. The molecule has 2 aromatic carbocycles. The van der Waals surface area contributed by atoms with E-state index in [4.69, 9.17) is 10.5 Å². The number of nitrogens with one attached hydrogen (secondary N) is 1. The van der Waals surface area contributed by atoms with Gasteiger partial charge in [-0.05, 0) is 18.6 Å². The van der Waals surface area contributed by atoms with E-state index >= 15 is 0 Å². The van der Waals surface area contributed by atoms with Gasteiger partial charge in [-0.15, -0.1) is 0 Å². The Morgan fingerprint density at radius 2 is 1.91 bits per heavy atom. The number of ether oxygens (including phenoxy) is 1. The van der Waals surface area contributed by atoms with Crippen molar-refractivity contribution in [2.24, 2.45) is 0 Å². The lowest BCUT2D eigenvalue weighted by Gasteiger charge is -2.15. The number of nitrogen functional groups attached to an aromatic ring is 1. The highest BCUT2D eigenvalue weighted by molar-refractivity contribution is 14.1. The summed E-state index contributed by atoms with van der Waals surface area (Å²) in [5.74, 6) is -1.05. The molecule has 0 saturated carbocycles. The van der Waals surface area contributed by atoms with Crippen molar-refractivity contribution >= 4 is 34.1 Å². The van der Waals surface area contributed by atoms with Crippen LogP contribution in [0.3, 0.4) is 0 Å². The monoisotopic (exact) mass is 416 g/mol. The van der Waals surface area contributed by atoms with Crippen molar-refractivity contribution < 1.29 is 13.5 Å². The van der Waals surface area contributed by atoms with E-state index in [1.165, 1.54) is 0 Å². The first kappa shape index (κ1) is 16.5. The average Bonchev–Trinajstić information content (AvgIpc) is 2.48. The molecule has 0 amide bonds. The molecule has 0 aliphatic heterocycles. The van der Waals surface area contributed by atoms with Gasteiger partial charge in [-0.2, -0.15) is 0 Å². The summed E-state index contributed by atoms with van der Waals surface area (Å²) in [4.78, 5) is 0. The van der Waals surface area contributed by atoms with E-state index in [0.717, 1.165) is 17.7 Å². The summed E-state index contributed by atoms with van der Waals surface area (Å²) in [7, 11) is 0. The van der Waals surface area contributed by atoms with E-state index in [-0.39, 0.29) is 11.3 Å². The van der Waals surface area contributed by atoms with Gasteiger partial charge in [0.2, 0.25) is 0 Å². The summed E-state index contributed by atoms with van der Waals surface area (Å²) < 4.78 is 35.7. The van der Waals surface area contributed by atoms with Crippen LogP contribution < -0.4 is 9.26 Å². The van der Waals surface area contributed by atoms with Gasteiger partial charge < -0.3 is 10.5 Å². The van der Waals surface area contributed by atoms with Gasteiger partial charge in [0, 0.05) is 22.9 Å². The fourth-order valence-electron chi connectivity index (χ4n) is 2.04. The minimum Gasteiger partial charge on any atom is -0.474 e. The Morgan fingerprint density at radius 1 is 1.23 bits per heavy atom. The molecule has 0 spiro atoms. The molecule has 3 nitrogen and oxygen atoms in total. The van der Waals surface area contributed by atoms with Gasteiger partial charge in [-0.25, -0.2) is 8.78 Å². The summed E-state index contributed by atoms with van der Waals surface area (Å²) >= 11 is 1.89. The van der Waals surface area contributed by atoms with Crippen LogP contribution in [0, 0.1) is 11.6 Å². The van der Waals surface area contributed by atoms with Gasteiger partial charge in [0.1, 0.15) is 18.2 Å². The van der Waals surface area contributed by atoms with Crippen molar-refractivity contribution in [3.63, 3.8) is 0 Å². The Kier molecular flexibility index (Phi) is 5.59. The topological polar surface area (TPSA) is 47.3 Å². The van der Waals surface area contributed by atoms with E-state index in [1.54, 1.807) is 6.92 Å². The lowest BCUT2D eigenvalue weighted by atomic mass is 10.0. The molecule has 0 saturated heterocycles. The Bertz CT molecular complexity index is 667. The molecular formula is C16H15F2IN2O. The largest absolute Gasteiger partial charge is 0.474 e. The molecule has 2 rings (SSSR count). The normalized spacial score (nSPS) is 11.8. The number of rotatable bonds is 5. The Hall–Kier alpha value is -1.83. The summed E-state index contributed by atoms with van der Waals surface area (Å²) in [5, 5.41) is 0. The molecule has 0 aromatic heterocycles. The van der Waals surface area contributed by atoms with Crippen LogP contribution in [0.2, 0.25) is 0 Å². The van der Waals surface area contributed by atoms with Gasteiger partial charge in [-0.1, -0.05) is 30.3 Å². The molecule has 0 unspecified atom stereocenters. The zero-order valence-electron chi connectivity index (χ0n) is 11.9. The van der Waals surface area contributed by atoms with E-state index in [1.807, 2.05) is 53.2 Å². The van der Waals surface area contributed by atoms with Crippen molar-refractivity contribution in [2.75, 3.05) is 5.73 Å². The van der Waals surface area contributed by atoms with Crippen LogP contribution in [0.1, 0.15) is 18.1 Å². The minimum atomic E-state index is -0.720. The number of hydrogen-bond donors (Lipinski definition) is 2. The van der Waals surface area contributed by atoms with Gasteiger partial charge in [0.05, 0.1) is 22.9 Å². The van der Waals surface area contributed by atoms with Gasteiger partial charge in [-0.3, -0.25) is 3.53 Å². The van der Waals surface area contributed by atoms with Crippen molar-refractivity contribution in [3.05, 3.63) is 71.1 Å². The van der Waals surface area contributed by atoms with Crippen LogP contribution in [-0.4, -0.2) is 0 Å². The Morgan fingerprint density at radius 3 is 2.50 bits per heavy atom. The minimum absolute atomic E-state index is 0.0301. The van der Waals surface area contributed by atoms with Gasteiger partial charge in [0.15, 0.2) is 5.88 Å². The number of hydrogen-bond acceptors (Lipinski definition) is 3. The lowest BCUT2D eigenvalue weighted by Crippen LogP contribution is -2.09. The molecule has 2 aromatic rings. The zero-order chi connectivity index (χ0) is 16.1. The molecule has 116 valence electrons. The Labute approximate surface area is 141 Å². The first-order valence-electron chi connectivity index (χ1n) is 6.52. The molecule has 0 aliphatic carbocycles. The fourth-order valence-corrected chi connectivity index (χ4v) is 2.60. The summed E-state index contributed by atoms with van der Waals surface area (Å²) in [6.45, 7) is 1.99. The van der Waals surface area contributed by atoms with E-state index in [0.29, 0.717) is 18.1 Å². The Balaban J connectivity index is 2.29. The van der Waals surface area contributed by atoms with E-state index in [9.17, 15) is 8.78 Å². The molecule has 0 atom stereocenters. The number of benzene rings is 2. The zero-order valence-corrected chi connectivity index (χ0v) is 14.0. The average molecular weight is 416 g/mol. The number of halogens is 3. The van der Waals surface area contributed by atoms with E-state index in [2.05, 4.69) is 3.53 Å². The molecule has 0 fully saturated rings. The summed E-state index contributed by atoms with van der Waals surface area (Å²) in [5.41, 5.74) is 7.34. The van der Waals surface area contributed by atoms with E-state index < -0.39 is 11.6 Å². The molecule has 0 heterocycles. The second kappa shape index (κ2) is 7.44. The van der Waals surface area contributed by atoms with Crippen LogP contribution in [0.25, 0.3) is 5.57 Å². The van der Waals surface area contributed by atoms with Crippen LogP contribution in [0.15, 0.2) is 48.3 Å². The summed E-state index contributed by atoms with van der Waals surface area (Å²) in [6, 6.07) is 11.5. The first-order valence-corrected chi connectivity index (χ1v) is 7.60. The number of nitrogens with two attached hydrogens (primary N) is 1. The highest BCUT2D eigenvalue weighted by Gasteiger charge is 2.15. The molecule has 0 radical (unpaired) electrons. The van der Waals surface area contributed by atoms with Gasteiger partial charge >= 0.3 is 0 Å². The quantitative estimate of drug-likeness (QED) is 0.329. The van der Waals surface area contributed by atoms with Crippen molar-refractivity contribution in [1.82, 2.24) is 3.53 Å². The maximum atomic E-state index is 14.0. The third-order valence-electron chi connectivity index (χ3n) is 3.11. The predicted octanol–water partition coefficient (Wildman–Crippen LogP) is 4.39. The second-order valence-corrected chi connectivity index (χ2v) is 5.21. The second-order valence-electron chi connectivity index (χ2n) is 4.67. The molecular weight excluding hydrogens is 401 g/mol. The third-order valence-corrected chi connectivity index (χ3v) is 3.60. The third kappa shape index (κ3) is 3.88. The lowest BCUT2D eigenvalue weighted by molar-refractivity contribution is 0.193. The highest BCUT2D eigenvalue weighted by atomic mass is 127. The summed E-state index contributed by atoms with van der Waals surface area (Å²) in [6.07, 6.45) is 0. The molecule has 22 heavy (non-hydrogen) atoms. The standard InChI is InChI=1S/C16H15F2IN2O/c1-10(15-13(18)7-12(17)8-14(15)20)16(21-19)22-9-11-5-3-2-4-6-11/h2-8,21H,9,20H2,1H3/b16-10-. The van der Waals surface area contributed by atoms with Crippen molar-refractivity contribution in [2.45, 2.75) is 13.5 Å². The van der Waals surface area contributed by atoms with Crippen molar-refractivity contribution in [3.8, 4) is 0 Å². The molecule has 6 heteroatoms. The molecule has 0 bridgehead atoms. The van der Waals surface area contributed by atoms with Crippen LogP contribution in [0.4, 0.5) is 14.5 Å². The van der Waals surface area contributed by atoms with Crippen LogP contribution in [-0.2, 0) is 11.3 Å². The maximum Gasteiger partial charge on any atom is 0.199 e. The fraction of sp³-hybridized carbons (Fsp3) is 0.125. The SMILES string of the molecule is C/C(=C(\NI)OCc1ccccc1)c1c(N)cc(F)cc1F. The molecule has 3 N–H and O–H groups in total. The smallest absolute Gasteiger partial charge is 0.199 e. The van der Waals surface area contributed by atoms with Gasteiger partial charge in [0.25, 0.3) is 0 Å². The molecule has 0 aliphatic rings. The van der Waals surface area contributed by atoms with Crippen LogP contribution >= 0.6 is 22.9 Å². The first-order chi connectivity index (χ1) is 10.5. The van der Waals surface area contributed by atoms with Crippen LogP contribution in [0.5, 0.6) is 0 Å². The number of allylic oxidation sites excluding steroid dienone is 1.